The molecule has 0 amide bonds. The van der Waals surface area contributed by atoms with Crippen LogP contribution in [0, 0.1) is 0 Å². The van der Waals surface area contributed by atoms with Gasteiger partial charge in [0.25, 0.3) is 0 Å². The third-order valence-corrected chi connectivity index (χ3v) is 4.52. The van der Waals surface area contributed by atoms with Gasteiger partial charge >= 0.3 is 5.97 Å². The van der Waals surface area contributed by atoms with Crippen LogP contribution in [0.5, 0.6) is 0 Å². The summed E-state index contributed by atoms with van der Waals surface area (Å²) in [5.74, 6) is 0.559. The van der Waals surface area contributed by atoms with E-state index in [0.717, 1.165) is 12.8 Å². The minimum Gasteiger partial charge on any atom is -0.469 e. The van der Waals surface area contributed by atoms with E-state index in [1.54, 1.807) is 11.3 Å². The molecular weight excluding hydrogens is 246 g/mol. The van der Waals surface area contributed by atoms with Crippen LogP contribution >= 0.6 is 11.3 Å². The molecule has 0 aliphatic heterocycles. The first-order chi connectivity index (χ1) is 8.79. The van der Waals surface area contributed by atoms with E-state index >= 15 is 0 Å². The van der Waals surface area contributed by atoms with Crippen molar-refractivity contribution in [2.45, 2.75) is 57.3 Å². The number of esters is 1. The Kier molecular flexibility index (Phi) is 5.17. The summed E-state index contributed by atoms with van der Waals surface area (Å²) in [4.78, 5) is 15.7. The van der Waals surface area contributed by atoms with Gasteiger partial charge in [-0.2, -0.15) is 0 Å². The van der Waals surface area contributed by atoms with Crippen molar-refractivity contribution in [1.29, 1.82) is 0 Å². The molecule has 18 heavy (non-hydrogen) atoms. The number of hydrogen-bond acceptors (Lipinski definition) is 4. The lowest BCUT2D eigenvalue weighted by atomic mass is 9.87. The second-order valence-electron chi connectivity index (χ2n) is 4.93. The maximum atomic E-state index is 11.0. The summed E-state index contributed by atoms with van der Waals surface area (Å²) in [6.45, 7) is 0. The number of methoxy groups -OCH3 is 1. The van der Waals surface area contributed by atoms with E-state index in [0.29, 0.717) is 12.3 Å². The first kappa shape index (κ1) is 13.5. The van der Waals surface area contributed by atoms with Crippen LogP contribution in [-0.2, 0) is 16.0 Å². The van der Waals surface area contributed by atoms with Crippen LogP contribution in [0.3, 0.4) is 0 Å². The molecular formula is C14H21NO2S. The molecule has 100 valence electrons. The van der Waals surface area contributed by atoms with Crippen molar-refractivity contribution in [2.24, 2.45) is 0 Å². The molecule has 0 atom stereocenters. The van der Waals surface area contributed by atoms with Crippen molar-refractivity contribution in [1.82, 2.24) is 4.98 Å². The quantitative estimate of drug-likeness (QED) is 0.764. The highest BCUT2D eigenvalue weighted by molar-refractivity contribution is 7.09. The number of aromatic nitrogens is 1. The van der Waals surface area contributed by atoms with Crippen LogP contribution in [0.25, 0.3) is 0 Å². The molecule has 0 bridgehead atoms. The maximum absolute atomic E-state index is 11.0. The summed E-state index contributed by atoms with van der Waals surface area (Å²) < 4.78 is 4.63. The van der Waals surface area contributed by atoms with E-state index in [2.05, 4.69) is 10.1 Å². The van der Waals surface area contributed by atoms with Gasteiger partial charge in [-0.3, -0.25) is 4.79 Å². The Morgan fingerprint density at radius 1 is 1.44 bits per heavy atom. The van der Waals surface area contributed by atoms with Gasteiger partial charge < -0.3 is 4.74 Å². The van der Waals surface area contributed by atoms with Crippen LogP contribution in [0.4, 0.5) is 0 Å². The predicted octanol–water partition coefficient (Wildman–Crippen LogP) is 3.69. The summed E-state index contributed by atoms with van der Waals surface area (Å²) >= 11 is 1.74. The molecule has 1 aliphatic rings. The minimum absolute atomic E-state index is 0.126. The molecule has 0 N–H and O–H groups in total. The molecule has 0 spiro atoms. The van der Waals surface area contributed by atoms with E-state index in [-0.39, 0.29) is 5.97 Å². The van der Waals surface area contributed by atoms with Gasteiger partial charge in [0.2, 0.25) is 0 Å². The van der Waals surface area contributed by atoms with Crippen LogP contribution in [0.2, 0.25) is 0 Å². The van der Waals surface area contributed by atoms with E-state index < -0.39 is 0 Å². The molecule has 0 aromatic carbocycles. The Balaban J connectivity index is 1.80. The van der Waals surface area contributed by atoms with E-state index in [1.165, 1.54) is 49.9 Å². The average Bonchev–Trinajstić information content (AvgIpc) is 2.88. The van der Waals surface area contributed by atoms with Crippen molar-refractivity contribution in [2.75, 3.05) is 7.11 Å². The van der Waals surface area contributed by atoms with Gasteiger partial charge in [0.15, 0.2) is 0 Å². The number of ether oxygens (including phenoxy) is 1. The van der Waals surface area contributed by atoms with Gasteiger partial charge in [0.05, 0.1) is 17.8 Å². The van der Waals surface area contributed by atoms with Gasteiger partial charge in [0, 0.05) is 17.7 Å². The lowest BCUT2D eigenvalue weighted by Crippen LogP contribution is -2.05. The van der Waals surface area contributed by atoms with Gasteiger partial charge in [-0.15, -0.1) is 11.3 Å². The number of hydrogen-bond donors (Lipinski definition) is 0. The number of carbonyl (C=O) groups is 1. The third kappa shape index (κ3) is 3.80. The van der Waals surface area contributed by atoms with Gasteiger partial charge in [0.1, 0.15) is 0 Å². The van der Waals surface area contributed by atoms with Crippen LogP contribution in [0.1, 0.15) is 61.6 Å². The van der Waals surface area contributed by atoms with Crippen LogP contribution in [-0.4, -0.2) is 18.1 Å². The van der Waals surface area contributed by atoms with Gasteiger partial charge in [-0.25, -0.2) is 4.98 Å². The summed E-state index contributed by atoms with van der Waals surface area (Å²) in [6, 6.07) is 0. The van der Waals surface area contributed by atoms with Crippen LogP contribution in [0.15, 0.2) is 5.38 Å². The van der Waals surface area contributed by atoms with Crippen molar-refractivity contribution >= 4 is 17.3 Å². The van der Waals surface area contributed by atoms with E-state index in [9.17, 15) is 4.79 Å². The molecule has 4 heteroatoms. The topological polar surface area (TPSA) is 39.2 Å². The number of rotatable bonds is 5. The predicted molar refractivity (Wildman–Crippen MR) is 72.9 cm³/mol. The highest BCUT2D eigenvalue weighted by Gasteiger charge is 2.18. The summed E-state index contributed by atoms with van der Waals surface area (Å²) in [5.41, 5.74) is 1.28. The number of nitrogens with zero attached hydrogens (tertiary/aromatic N) is 1. The lowest BCUT2D eigenvalue weighted by Gasteiger charge is -2.19. The minimum atomic E-state index is -0.126. The van der Waals surface area contributed by atoms with E-state index in [4.69, 9.17) is 4.98 Å². The first-order valence-electron chi connectivity index (χ1n) is 6.80. The largest absolute Gasteiger partial charge is 0.469 e. The lowest BCUT2D eigenvalue weighted by molar-refractivity contribution is -0.140. The van der Waals surface area contributed by atoms with Crippen molar-refractivity contribution in [3.05, 3.63) is 16.1 Å². The highest BCUT2D eigenvalue weighted by atomic mass is 32.1. The molecule has 0 saturated heterocycles. The number of aryl methyl sites for hydroxylation is 1. The van der Waals surface area contributed by atoms with E-state index in [1.807, 2.05) is 0 Å². The Bertz CT molecular complexity index is 383. The Hall–Kier alpha value is -0.900. The summed E-state index contributed by atoms with van der Waals surface area (Å²) in [6.07, 6.45) is 8.90. The highest BCUT2D eigenvalue weighted by Crippen LogP contribution is 2.33. The second kappa shape index (κ2) is 6.88. The zero-order chi connectivity index (χ0) is 12.8. The second-order valence-corrected chi connectivity index (χ2v) is 5.87. The number of carbonyl (C=O) groups excluding carboxylic acids is 1. The molecule has 1 saturated carbocycles. The molecule has 3 nitrogen and oxygen atoms in total. The Morgan fingerprint density at radius 2 is 2.22 bits per heavy atom. The fourth-order valence-corrected chi connectivity index (χ4v) is 3.43. The summed E-state index contributed by atoms with van der Waals surface area (Å²) in [5, 5.41) is 3.38. The maximum Gasteiger partial charge on any atom is 0.305 e. The Labute approximate surface area is 113 Å². The molecule has 2 rings (SSSR count). The van der Waals surface area contributed by atoms with Crippen LogP contribution < -0.4 is 0 Å². The third-order valence-electron chi connectivity index (χ3n) is 3.59. The molecule has 0 radical (unpaired) electrons. The van der Waals surface area contributed by atoms with Crippen molar-refractivity contribution in [3.63, 3.8) is 0 Å². The molecule has 1 aromatic heterocycles. The van der Waals surface area contributed by atoms with Crippen molar-refractivity contribution in [3.8, 4) is 0 Å². The fourth-order valence-electron chi connectivity index (χ4n) is 2.51. The van der Waals surface area contributed by atoms with Gasteiger partial charge in [-0.05, 0) is 25.7 Å². The smallest absolute Gasteiger partial charge is 0.305 e. The number of thiazole rings is 1. The average molecular weight is 267 g/mol. The Morgan fingerprint density at radius 3 is 2.94 bits per heavy atom. The van der Waals surface area contributed by atoms with Crippen molar-refractivity contribution < 1.29 is 9.53 Å². The fraction of sp³-hybridized carbons (Fsp3) is 0.714. The summed E-state index contributed by atoms with van der Waals surface area (Å²) in [7, 11) is 1.44. The zero-order valence-electron chi connectivity index (χ0n) is 11.0. The molecule has 1 aromatic rings. The first-order valence-corrected chi connectivity index (χ1v) is 7.68. The molecule has 0 unspecified atom stereocenters. The molecule has 1 heterocycles. The molecule has 1 aliphatic carbocycles. The zero-order valence-corrected chi connectivity index (χ0v) is 11.8. The van der Waals surface area contributed by atoms with Gasteiger partial charge in [-0.1, -0.05) is 19.3 Å². The normalized spacial score (nSPS) is 16.7. The monoisotopic (exact) mass is 267 g/mol. The standard InChI is InChI=1S/C14H21NO2S/c1-17-14(16)9-5-8-13-15-12(10-18-13)11-6-3-2-4-7-11/h10-11H,2-9H2,1H3. The SMILES string of the molecule is COC(=O)CCCc1nc(C2CCCCC2)cs1. The molecule has 1 fully saturated rings.